The lowest BCUT2D eigenvalue weighted by Gasteiger charge is -2.06. The van der Waals surface area contributed by atoms with Crippen LogP contribution < -0.4 is 5.73 Å². The Morgan fingerprint density at radius 3 is 2.65 bits per heavy atom. The van der Waals surface area contributed by atoms with Crippen molar-refractivity contribution >= 4 is 17.7 Å². The molecule has 3 N–H and O–H groups in total. The van der Waals surface area contributed by atoms with Crippen molar-refractivity contribution in [3.63, 3.8) is 0 Å². The molecule has 0 spiro atoms. The van der Waals surface area contributed by atoms with Crippen molar-refractivity contribution in [2.45, 2.75) is 32.6 Å². The lowest BCUT2D eigenvalue weighted by Crippen LogP contribution is -2.32. The van der Waals surface area contributed by atoms with Gasteiger partial charge in [-0.3, -0.25) is 4.79 Å². The molecule has 17 heavy (non-hydrogen) atoms. The third-order valence-electron chi connectivity index (χ3n) is 1.97. The Morgan fingerprint density at radius 2 is 2.12 bits per heavy atom. The van der Waals surface area contributed by atoms with Crippen LogP contribution in [-0.2, 0) is 10.5 Å². The Bertz CT molecular complexity index is 342. The minimum atomic E-state index is -0.938. The Morgan fingerprint density at radius 1 is 1.47 bits per heavy atom. The van der Waals surface area contributed by atoms with E-state index in [0.717, 1.165) is 5.75 Å². The normalized spacial score (nSPS) is 11.3. The van der Waals surface area contributed by atoms with Gasteiger partial charge in [0.2, 0.25) is 0 Å². The highest BCUT2D eigenvalue weighted by molar-refractivity contribution is 7.98. The predicted molar refractivity (Wildman–Crippen MR) is 74.3 cm³/mol. The maximum atomic E-state index is 10.5. The third kappa shape index (κ3) is 7.02. The smallest absolute Gasteiger partial charge is 0.321 e. The summed E-state index contributed by atoms with van der Waals surface area (Å²) in [6.07, 6.45) is 0. The topological polar surface area (TPSA) is 63.3 Å². The number of aryl methyl sites for hydroxylation is 1. The van der Waals surface area contributed by atoms with Gasteiger partial charge in [0.1, 0.15) is 6.04 Å². The summed E-state index contributed by atoms with van der Waals surface area (Å²) >= 11 is 1.55. The van der Waals surface area contributed by atoms with Crippen LogP contribution >= 0.6 is 11.8 Å². The van der Waals surface area contributed by atoms with Gasteiger partial charge in [0.05, 0.1) is 0 Å². The van der Waals surface area contributed by atoms with Crippen LogP contribution in [0.4, 0.5) is 0 Å². The van der Waals surface area contributed by atoms with E-state index in [0.29, 0.717) is 5.75 Å². The second kappa shape index (κ2) is 9.07. The highest BCUT2D eigenvalue weighted by Crippen LogP contribution is 2.13. The minimum Gasteiger partial charge on any atom is -0.480 e. The number of benzene rings is 1. The molecule has 1 aromatic rings. The molecule has 0 aromatic heterocycles. The van der Waals surface area contributed by atoms with Crippen LogP contribution in [0.25, 0.3) is 0 Å². The van der Waals surface area contributed by atoms with Crippen LogP contribution in [0.5, 0.6) is 0 Å². The molecule has 0 saturated carbocycles. The first-order chi connectivity index (χ1) is 8.09. The molecule has 0 radical (unpaired) electrons. The average Bonchev–Trinajstić information content (AvgIpc) is 2.31. The first-order valence-electron chi connectivity index (χ1n) is 5.71. The Labute approximate surface area is 107 Å². The molecule has 4 heteroatoms. The number of hydrogen-bond acceptors (Lipinski definition) is 3. The highest BCUT2D eigenvalue weighted by atomic mass is 32.2. The Balaban J connectivity index is 0.00000121. The second-order valence-corrected chi connectivity index (χ2v) is 4.48. The van der Waals surface area contributed by atoms with Crippen LogP contribution in [0.2, 0.25) is 0 Å². The summed E-state index contributed by atoms with van der Waals surface area (Å²) in [6.45, 7) is 6.04. The molecule has 0 amide bonds. The van der Waals surface area contributed by atoms with Crippen LogP contribution in [0.3, 0.4) is 0 Å². The first-order valence-corrected chi connectivity index (χ1v) is 6.86. The van der Waals surface area contributed by atoms with E-state index in [2.05, 4.69) is 6.07 Å². The Hall–Kier alpha value is -1.00. The van der Waals surface area contributed by atoms with Gasteiger partial charge in [0.25, 0.3) is 0 Å². The molecule has 0 aliphatic rings. The quantitative estimate of drug-likeness (QED) is 0.849. The molecule has 1 unspecified atom stereocenters. The standard InChI is InChI=1S/C11H15NO2S.C2H6/c1-8-3-2-4-9(5-8)6-15-7-10(12)11(13)14;1-2/h2-5,10H,6-7,12H2,1H3,(H,13,14);1-2H3. The van der Waals surface area contributed by atoms with Crippen molar-refractivity contribution < 1.29 is 9.90 Å². The van der Waals surface area contributed by atoms with Gasteiger partial charge in [0, 0.05) is 11.5 Å². The van der Waals surface area contributed by atoms with E-state index in [1.165, 1.54) is 11.1 Å². The number of carboxylic acid groups (broad SMARTS) is 1. The summed E-state index contributed by atoms with van der Waals surface area (Å²) in [5.41, 5.74) is 7.81. The van der Waals surface area contributed by atoms with E-state index in [1.54, 1.807) is 11.8 Å². The number of carbonyl (C=O) groups is 1. The molecule has 0 saturated heterocycles. The van der Waals surface area contributed by atoms with Crippen molar-refractivity contribution in [3.05, 3.63) is 35.4 Å². The Kier molecular flexibility index (Phi) is 8.54. The molecule has 0 aliphatic carbocycles. The van der Waals surface area contributed by atoms with E-state index in [-0.39, 0.29) is 0 Å². The zero-order valence-electron chi connectivity index (χ0n) is 10.6. The first kappa shape index (κ1) is 16.0. The van der Waals surface area contributed by atoms with Gasteiger partial charge in [-0.05, 0) is 12.5 Å². The summed E-state index contributed by atoms with van der Waals surface area (Å²) in [4.78, 5) is 10.5. The SMILES string of the molecule is CC.Cc1cccc(CSCC(N)C(=O)O)c1. The molecule has 1 rings (SSSR count). The fourth-order valence-electron chi connectivity index (χ4n) is 1.18. The lowest BCUT2D eigenvalue weighted by atomic mass is 10.2. The van der Waals surface area contributed by atoms with Gasteiger partial charge in [0.15, 0.2) is 0 Å². The van der Waals surface area contributed by atoms with E-state index < -0.39 is 12.0 Å². The molecule has 1 aromatic carbocycles. The maximum absolute atomic E-state index is 10.5. The second-order valence-electron chi connectivity index (χ2n) is 3.45. The molecular weight excluding hydrogens is 234 g/mol. The monoisotopic (exact) mass is 255 g/mol. The summed E-state index contributed by atoms with van der Waals surface area (Å²) in [7, 11) is 0. The van der Waals surface area contributed by atoms with Crippen molar-refractivity contribution in [1.82, 2.24) is 0 Å². The number of aliphatic carboxylic acids is 1. The van der Waals surface area contributed by atoms with Gasteiger partial charge in [-0.15, -0.1) is 0 Å². The largest absolute Gasteiger partial charge is 0.480 e. The summed E-state index contributed by atoms with van der Waals surface area (Å²) < 4.78 is 0. The van der Waals surface area contributed by atoms with Crippen LogP contribution in [0.15, 0.2) is 24.3 Å². The fourth-order valence-corrected chi connectivity index (χ4v) is 2.11. The molecule has 0 aliphatic heterocycles. The average molecular weight is 255 g/mol. The number of hydrogen-bond donors (Lipinski definition) is 2. The maximum Gasteiger partial charge on any atom is 0.321 e. The predicted octanol–water partition coefficient (Wildman–Crippen LogP) is 2.67. The zero-order valence-corrected chi connectivity index (χ0v) is 11.5. The van der Waals surface area contributed by atoms with Crippen molar-refractivity contribution in [2.75, 3.05) is 5.75 Å². The molecule has 0 fully saturated rings. The molecular formula is C13H21NO2S. The molecule has 3 nitrogen and oxygen atoms in total. The lowest BCUT2D eigenvalue weighted by molar-refractivity contribution is -0.137. The number of nitrogens with two attached hydrogens (primary N) is 1. The van der Waals surface area contributed by atoms with Gasteiger partial charge in [-0.2, -0.15) is 11.8 Å². The van der Waals surface area contributed by atoms with Crippen LogP contribution in [0, 0.1) is 6.92 Å². The van der Waals surface area contributed by atoms with Gasteiger partial charge in [-0.1, -0.05) is 43.7 Å². The number of rotatable bonds is 5. The summed E-state index contributed by atoms with van der Waals surface area (Å²) in [5.74, 6) is 0.318. The van der Waals surface area contributed by atoms with Gasteiger partial charge < -0.3 is 10.8 Å². The molecule has 0 heterocycles. The van der Waals surface area contributed by atoms with E-state index in [1.807, 2.05) is 39.0 Å². The molecule has 1 atom stereocenters. The minimum absolute atomic E-state index is 0.448. The fraction of sp³-hybridized carbons (Fsp3) is 0.462. The van der Waals surface area contributed by atoms with Gasteiger partial charge in [-0.25, -0.2) is 0 Å². The highest BCUT2D eigenvalue weighted by Gasteiger charge is 2.10. The van der Waals surface area contributed by atoms with Crippen molar-refractivity contribution in [1.29, 1.82) is 0 Å². The van der Waals surface area contributed by atoms with E-state index in [4.69, 9.17) is 10.8 Å². The van der Waals surface area contributed by atoms with Gasteiger partial charge >= 0.3 is 5.97 Å². The van der Waals surface area contributed by atoms with Crippen LogP contribution in [-0.4, -0.2) is 22.9 Å². The summed E-state index contributed by atoms with van der Waals surface area (Å²) in [5, 5.41) is 8.58. The van der Waals surface area contributed by atoms with Crippen molar-refractivity contribution in [2.24, 2.45) is 5.73 Å². The van der Waals surface area contributed by atoms with E-state index in [9.17, 15) is 4.79 Å². The third-order valence-corrected chi connectivity index (χ3v) is 3.10. The zero-order chi connectivity index (χ0) is 13.3. The number of carboxylic acids is 1. The van der Waals surface area contributed by atoms with E-state index >= 15 is 0 Å². The summed E-state index contributed by atoms with van der Waals surface area (Å²) in [6, 6.07) is 7.41. The van der Waals surface area contributed by atoms with Crippen molar-refractivity contribution in [3.8, 4) is 0 Å². The number of thioether (sulfide) groups is 1. The molecule has 0 bridgehead atoms. The van der Waals surface area contributed by atoms with Crippen LogP contribution in [0.1, 0.15) is 25.0 Å². The molecule has 96 valence electrons.